The van der Waals surface area contributed by atoms with E-state index in [2.05, 4.69) is 86.8 Å². The van der Waals surface area contributed by atoms with Crippen molar-refractivity contribution in [3.8, 4) is 0 Å². The van der Waals surface area contributed by atoms with E-state index in [1.807, 2.05) is 18.2 Å². The highest BCUT2D eigenvalue weighted by molar-refractivity contribution is 5.49. The van der Waals surface area contributed by atoms with Crippen molar-refractivity contribution < 1.29 is 0 Å². The Labute approximate surface area is 133 Å². The molecule has 110 valence electrons. The van der Waals surface area contributed by atoms with Crippen molar-refractivity contribution >= 4 is 0 Å². The van der Waals surface area contributed by atoms with Crippen molar-refractivity contribution in [2.45, 2.75) is 12.8 Å². The lowest BCUT2D eigenvalue weighted by Gasteiger charge is -2.22. The Bertz CT molecular complexity index is 633. The highest BCUT2D eigenvalue weighted by Crippen LogP contribution is 2.35. The topological polar surface area (TPSA) is 0 Å². The van der Waals surface area contributed by atoms with E-state index < -0.39 is 0 Å². The van der Waals surface area contributed by atoms with Gasteiger partial charge in [0.15, 0.2) is 0 Å². The average molecular weight is 286 g/mol. The van der Waals surface area contributed by atoms with Gasteiger partial charge in [-0.05, 0) is 29.2 Å². The van der Waals surface area contributed by atoms with Crippen LogP contribution in [0.25, 0.3) is 0 Å². The number of rotatable bonds is 6. The second-order valence-corrected chi connectivity index (χ2v) is 5.20. The molecule has 0 aliphatic rings. The van der Waals surface area contributed by atoms with E-state index in [9.17, 15) is 0 Å². The maximum Gasteiger partial charge on any atom is 0.0342 e. The van der Waals surface area contributed by atoms with Crippen LogP contribution in [0.3, 0.4) is 0 Å². The molecule has 2 aromatic carbocycles. The molecule has 0 aliphatic carbocycles. The summed E-state index contributed by atoms with van der Waals surface area (Å²) in [4.78, 5) is 0. The minimum absolute atomic E-state index is 0.191. The van der Waals surface area contributed by atoms with Crippen LogP contribution >= 0.6 is 0 Å². The highest BCUT2D eigenvalue weighted by Gasteiger charge is 2.19. The fraction of sp³-hybridized carbons (Fsp3) is 0.0909. The maximum atomic E-state index is 3.88. The lowest BCUT2D eigenvalue weighted by molar-refractivity contribution is 0.954. The van der Waals surface area contributed by atoms with Crippen LogP contribution in [0, 0.1) is 0 Å². The third-order valence-corrected chi connectivity index (χ3v) is 3.70. The first-order valence-corrected chi connectivity index (χ1v) is 7.50. The third-order valence-electron chi connectivity index (χ3n) is 3.70. The van der Waals surface area contributed by atoms with Gasteiger partial charge < -0.3 is 0 Å². The van der Waals surface area contributed by atoms with Crippen LogP contribution in [0.1, 0.15) is 24.0 Å². The van der Waals surface area contributed by atoms with Gasteiger partial charge in [0.05, 0.1) is 0 Å². The molecule has 0 saturated carbocycles. The summed E-state index contributed by atoms with van der Waals surface area (Å²) in [6.45, 7) is 9.82. The number of benzene rings is 2. The Hall–Kier alpha value is -2.60. The molecule has 2 rings (SSSR count). The van der Waals surface area contributed by atoms with Gasteiger partial charge >= 0.3 is 0 Å². The van der Waals surface area contributed by atoms with E-state index in [0.717, 1.165) is 0 Å². The Morgan fingerprint density at radius 2 is 1.23 bits per heavy atom. The van der Waals surface area contributed by atoms with Crippen LogP contribution in [0.4, 0.5) is 0 Å². The average Bonchev–Trinajstić information content (AvgIpc) is 2.56. The zero-order valence-electron chi connectivity index (χ0n) is 13.1. The summed E-state index contributed by atoms with van der Waals surface area (Å²) in [5, 5.41) is 0. The molecule has 0 bridgehead atoms. The third kappa shape index (κ3) is 3.73. The van der Waals surface area contributed by atoms with Crippen molar-refractivity contribution in [3.63, 3.8) is 0 Å². The Kier molecular flexibility index (Phi) is 5.73. The summed E-state index contributed by atoms with van der Waals surface area (Å²) in [5.41, 5.74) is 5.00. The van der Waals surface area contributed by atoms with E-state index in [-0.39, 0.29) is 5.92 Å². The van der Waals surface area contributed by atoms with Crippen LogP contribution in [0.2, 0.25) is 0 Å². The summed E-state index contributed by atoms with van der Waals surface area (Å²) in [5.74, 6) is 0.191. The van der Waals surface area contributed by atoms with Gasteiger partial charge in [-0.3, -0.25) is 0 Å². The SMILES string of the molecule is C=CC=C(/C(C)=C/C=C)C(c1ccccc1)c1ccccc1. The Morgan fingerprint density at radius 3 is 1.64 bits per heavy atom. The number of hydrogen-bond donors (Lipinski definition) is 0. The normalized spacial score (nSPS) is 12.3. The standard InChI is InChI=1S/C22H22/c1-4-12-18(3)21(13-5-2)22(19-14-8-6-9-15-19)20-16-10-7-11-17-20/h4-17,22H,1-2H2,3H3/b18-12+,21-13?. The van der Waals surface area contributed by atoms with Gasteiger partial charge in [0, 0.05) is 5.92 Å². The molecule has 0 amide bonds. The lowest BCUT2D eigenvalue weighted by atomic mass is 9.81. The van der Waals surface area contributed by atoms with Gasteiger partial charge in [-0.15, -0.1) is 0 Å². The smallest absolute Gasteiger partial charge is 0.0342 e. The lowest BCUT2D eigenvalue weighted by Crippen LogP contribution is -2.06. The molecule has 0 aliphatic heterocycles. The van der Waals surface area contributed by atoms with Crippen molar-refractivity contribution in [1.29, 1.82) is 0 Å². The quantitative estimate of drug-likeness (QED) is 0.566. The molecule has 0 spiro atoms. The zero-order chi connectivity index (χ0) is 15.8. The van der Waals surface area contributed by atoms with E-state index in [1.165, 1.54) is 22.3 Å². The maximum absolute atomic E-state index is 3.88. The molecule has 22 heavy (non-hydrogen) atoms. The van der Waals surface area contributed by atoms with Gasteiger partial charge in [-0.1, -0.05) is 98.1 Å². The fourth-order valence-corrected chi connectivity index (χ4v) is 2.70. The predicted molar refractivity (Wildman–Crippen MR) is 97.0 cm³/mol. The molecular weight excluding hydrogens is 264 g/mol. The number of allylic oxidation sites excluding steroid dienone is 6. The molecule has 2 aromatic rings. The predicted octanol–water partition coefficient (Wildman–Crippen LogP) is 6.06. The first kappa shape index (κ1) is 15.8. The second kappa shape index (κ2) is 7.99. The summed E-state index contributed by atoms with van der Waals surface area (Å²) in [6.07, 6.45) is 7.84. The molecule has 0 fully saturated rings. The van der Waals surface area contributed by atoms with Gasteiger partial charge in [-0.25, -0.2) is 0 Å². The summed E-state index contributed by atoms with van der Waals surface area (Å²) in [7, 11) is 0. The van der Waals surface area contributed by atoms with E-state index >= 15 is 0 Å². The molecule has 0 atom stereocenters. The van der Waals surface area contributed by atoms with E-state index in [4.69, 9.17) is 0 Å². The van der Waals surface area contributed by atoms with Crippen molar-refractivity contribution in [2.24, 2.45) is 0 Å². The van der Waals surface area contributed by atoms with Crippen molar-refractivity contribution in [3.05, 3.63) is 120 Å². The van der Waals surface area contributed by atoms with Crippen molar-refractivity contribution in [1.82, 2.24) is 0 Å². The van der Waals surface area contributed by atoms with Crippen LogP contribution in [-0.2, 0) is 0 Å². The summed E-state index contributed by atoms with van der Waals surface area (Å²) >= 11 is 0. The molecule has 0 radical (unpaired) electrons. The van der Waals surface area contributed by atoms with Crippen LogP contribution in [-0.4, -0.2) is 0 Å². The van der Waals surface area contributed by atoms with Gasteiger partial charge in [0.1, 0.15) is 0 Å². The monoisotopic (exact) mass is 286 g/mol. The van der Waals surface area contributed by atoms with E-state index in [0.29, 0.717) is 0 Å². The van der Waals surface area contributed by atoms with Crippen LogP contribution < -0.4 is 0 Å². The fourth-order valence-electron chi connectivity index (χ4n) is 2.70. The zero-order valence-corrected chi connectivity index (χ0v) is 13.1. The Morgan fingerprint density at radius 1 is 0.773 bits per heavy atom. The van der Waals surface area contributed by atoms with Crippen LogP contribution in [0.5, 0.6) is 0 Å². The van der Waals surface area contributed by atoms with Gasteiger partial charge in [0.25, 0.3) is 0 Å². The number of hydrogen-bond acceptors (Lipinski definition) is 0. The molecule has 0 N–H and O–H groups in total. The summed E-state index contributed by atoms with van der Waals surface area (Å²) < 4.78 is 0. The van der Waals surface area contributed by atoms with Gasteiger partial charge in [-0.2, -0.15) is 0 Å². The van der Waals surface area contributed by atoms with E-state index in [1.54, 1.807) is 0 Å². The van der Waals surface area contributed by atoms with Gasteiger partial charge in [0.2, 0.25) is 0 Å². The first-order valence-electron chi connectivity index (χ1n) is 7.50. The molecule has 0 aromatic heterocycles. The largest absolute Gasteiger partial charge is 0.0991 e. The minimum Gasteiger partial charge on any atom is -0.0991 e. The Balaban J connectivity index is 2.62. The molecule has 0 nitrogen and oxygen atoms in total. The highest BCUT2D eigenvalue weighted by atomic mass is 14.2. The molecular formula is C22H22. The second-order valence-electron chi connectivity index (χ2n) is 5.20. The molecule has 0 unspecified atom stereocenters. The van der Waals surface area contributed by atoms with Crippen molar-refractivity contribution in [2.75, 3.05) is 0 Å². The molecule has 0 heteroatoms. The molecule has 0 saturated heterocycles. The molecule has 0 heterocycles. The minimum atomic E-state index is 0.191. The van der Waals surface area contributed by atoms with Crippen LogP contribution in [0.15, 0.2) is 109 Å². The first-order chi connectivity index (χ1) is 10.8. The summed E-state index contributed by atoms with van der Waals surface area (Å²) in [6, 6.07) is 21.2.